The SMILES string of the molecule is CC(=O)c1cccc(-c2ccc(-c3nc(SCC4=NN=NC4)n[nH]3)o2)c1. The van der Waals surface area contributed by atoms with Crippen molar-refractivity contribution in [3.05, 3.63) is 42.0 Å². The zero-order chi connectivity index (χ0) is 17.9. The second kappa shape index (κ2) is 7.04. The normalized spacial score (nSPS) is 13.2. The third-order valence-corrected chi connectivity index (χ3v) is 4.65. The molecule has 0 unspecified atom stereocenters. The van der Waals surface area contributed by atoms with Crippen LogP contribution in [0.1, 0.15) is 17.3 Å². The molecule has 4 rings (SSSR count). The second-order valence-corrected chi connectivity index (χ2v) is 6.55. The van der Waals surface area contributed by atoms with Gasteiger partial charge in [0.15, 0.2) is 17.4 Å². The number of carbonyl (C=O) groups excluding carboxylic acids is 1. The number of hydrogen-bond acceptors (Lipinski definition) is 8. The van der Waals surface area contributed by atoms with Gasteiger partial charge in [0, 0.05) is 16.9 Å². The fourth-order valence-electron chi connectivity index (χ4n) is 2.40. The zero-order valence-corrected chi connectivity index (χ0v) is 14.7. The second-order valence-electron chi connectivity index (χ2n) is 5.61. The molecular weight excluding hydrogens is 352 g/mol. The highest BCUT2D eigenvalue weighted by Crippen LogP contribution is 2.28. The average molecular weight is 366 g/mol. The van der Waals surface area contributed by atoms with Crippen LogP contribution in [0.5, 0.6) is 0 Å². The topological polar surface area (TPSA) is 109 Å². The van der Waals surface area contributed by atoms with Crippen molar-refractivity contribution in [2.24, 2.45) is 15.4 Å². The summed E-state index contributed by atoms with van der Waals surface area (Å²) in [4.78, 5) is 16.0. The quantitative estimate of drug-likeness (QED) is 0.526. The van der Waals surface area contributed by atoms with Crippen molar-refractivity contribution in [1.82, 2.24) is 15.2 Å². The molecule has 0 bridgehead atoms. The first-order valence-electron chi connectivity index (χ1n) is 7.88. The van der Waals surface area contributed by atoms with E-state index >= 15 is 0 Å². The van der Waals surface area contributed by atoms with Crippen LogP contribution in [-0.2, 0) is 0 Å². The Bertz CT molecular complexity index is 1020. The van der Waals surface area contributed by atoms with Crippen molar-refractivity contribution in [2.75, 3.05) is 12.3 Å². The van der Waals surface area contributed by atoms with Gasteiger partial charge >= 0.3 is 0 Å². The van der Waals surface area contributed by atoms with Crippen LogP contribution in [0.3, 0.4) is 0 Å². The van der Waals surface area contributed by atoms with E-state index in [-0.39, 0.29) is 5.78 Å². The number of ketones is 1. The van der Waals surface area contributed by atoms with Gasteiger partial charge in [-0.15, -0.1) is 10.2 Å². The minimum atomic E-state index is 0.0167. The smallest absolute Gasteiger partial charge is 0.209 e. The number of furan rings is 1. The summed E-state index contributed by atoms with van der Waals surface area (Å²) in [6.07, 6.45) is 0. The average Bonchev–Trinajstić information content (AvgIpc) is 3.40. The van der Waals surface area contributed by atoms with Crippen molar-refractivity contribution in [3.8, 4) is 22.9 Å². The Morgan fingerprint density at radius 1 is 1.27 bits per heavy atom. The highest BCUT2D eigenvalue weighted by molar-refractivity contribution is 7.99. The number of nitrogens with one attached hydrogen (secondary N) is 1. The Balaban J connectivity index is 1.49. The predicted octanol–water partition coefficient (Wildman–Crippen LogP) is 3.85. The van der Waals surface area contributed by atoms with E-state index in [4.69, 9.17) is 4.42 Å². The molecule has 0 spiro atoms. The van der Waals surface area contributed by atoms with Crippen LogP contribution in [0.2, 0.25) is 0 Å². The van der Waals surface area contributed by atoms with E-state index in [0.717, 1.165) is 11.3 Å². The van der Waals surface area contributed by atoms with Crippen LogP contribution >= 0.6 is 11.8 Å². The van der Waals surface area contributed by atoms with E-state index in [2.05, 4.69) is 30.6 Å². The Kier molecular flexibility index (Phi) is 4.44. The van der Waals surface area contributed by atoms with Crippen molar-refractivity contribution in [1.29, 1.82) is 0 Å². The molecule has 9 heteroatoms. The van der Waals surface area contributed by atoms with Crippen LogP contribution in [-0.4, -0.2) is 39.0 Å². The Labute approximate surface area is 152 Å². The minimum Gasteiger partial charge on any atom is -0.453 e. The van der Waals surface area contributed by atoms with E-state index in [1.54, 1.807) is 13.0 Å². The van der Waals surface area contributed by atoms with Gasteiger partial charge in [-0.2, -0.15) is 10.1 Å². The fraction of sp³-hybridized carbons (Fsp3) is 0.176. The molecule has 0 saturated heterocycles. The number of nitrogens with zero attached hydrogens (tertiary/aromatic N) is 5. The first kappa shape index (κ1) is 16.4. The lowest BCUT2D eigenvalue weighted by atomic mass is 10.1. The summed E-state index contributed by atoms with van der Waals surface area (Å²) in [5.41, 5.74) is 2.38. The van der Waals surface area contributed by atoms with Gasteiger partial charge in [-0.25, -0.2) is 0 Å². The maximum atomic E-state index is 11.5. The Morgan fingerprint density at radius 2 is 2.15 bits per heavy atom. The molecule has 3 heterocycles. The summed E-state index contributed by atoms with van der Waals surface area (Å²) >= 11 is 1.46. The van der Waals surface area contributed by atoms with Crippen molar-refractivity contribution < 1.29 is 9.21 Å². The maximum absolute atomic E-state index is 11.5. The molecule has 8 nitrogen and oxygen atoms in total. The van der Waals surface area contributed by atoms with Gasteiger partial charge in [-0.3, -0.25) is 9.89 Å². The molecule has 0 fully saturated rings. The lowest BCUT2D eigenvalue weighted by Gasteiger charge is -1.99. The van der Waals surface area contributed by atoms with E-state index in [0.29, 0.717) is 40.4 Å². The van der Waals surface area contributed by atoms with Crippen molar-refractivity contribution >= 4 is 23.3 Å². The standard InChI is InChI=1S/C17H14N6O2S/c1-10(24)11-3-2-4-12(7-11)14-5-6-15(25-14)16-19-17(22-21-16)26-9-13-8-18-23-20-13/h2-7H,8-9H2,1H3,(H,19,21,22). The van der Waals surface area contributed by atoms with Gasteiger partial charge in [0.25, 0.3) is 0 Å². The van der Waals surface area contributed by atoms with Gasteiger partial charge in [-0.1, -0.05) is 30.0 Å². The number of hydrogen-bond donors (Lipinski definition) is 1. The van der Waals surface area contributed by atoms with Gasteiger partial charge in [0.05, 0.1) is 5.71 Å². The van der Waals surface area contributed by atoms with E-state index in [1.165, 1.54) is 11.8 Å². The lowest BCUT2D eigenvalue weighted by molar-refractivity contribution is 0.101. The molecule has 3 aromatic rings. The number of thioether (sulfide) groups is 1. The number of benzene rings is 1. The molecule has 0 aliphatic carbocycles. The number of aromatic amines is 1. The first-order valence-corrected chi connectivity index (χ1v) is 8.86. The van der Waals surface area contributed by atoms with Gasteiger partial charge < -0.3 is 4.42 Å². The maximum Gasteiger partial charge on any atom is 0.209 e. The molecule has 0 radical (unpaired) electrons. The molecular formula is C17H14N6O2S. The van der Waals surface area contributed by atoms with Gasteiger partial charge in [-0.05, 0) is 30.3 Å². The van der Waals surface area contributed by atoms with Crippen LogP contribution in [0.15, 0.2) is 61.4 Å². The number of H-pyrrole nitrogens is 1. The number of aromatic nitrogens is 3. The highest BCUT2D eigenvalue weighted by Gasteiger charge is 2.13. The van der Waals surface area contributed by atoms with Crippen LogP contribution in [0.4, 0.5) is 0 Å². The highest BCUT2D eigenvalue weighted by atomic mass is 32.2. The molecule has 1 N–H and O–H groups in total. The lowest BCUT2D eigenvalue weighted by Crippen LogP contribution is -2.02. The van der Waals surface area contributed by atoms with E-state index in [9.17, 15) is 4.79 Å². The molecule has 2 aromatic heterocycles. The monoisotopic (exact) mass is 366 g/mol. The Hall–Kier alpha value is -3.07. The van der Waals surface area contributed by atoms with Gasteiger partial charge in [0.1, 0.15) is 12.3 Å². The van der Waals surface area contributed by atoms with Crippen LogP contribution < -0.4 is 0 Å². The molecule has 0 saturated carbocycles. The van der Waals surface area contributed by atoms with Gasteiger partial charge in [0.2, 0.25) is 5.16 Å². The number of Topliss-reactive ketones (excluding diaryl/α,β-unsaturated/α-hetero) is 1. The summed E-state index contributed by atoms with van der Waals surface area (Å²) in [6.45, 7) is 2.07. The number of rotatable bonds is 6. The summed E-state index contributed by atoms with van der Waals surface area (Å²) in [5.74, 6) is 2.45. The van der Waals surface area contributed by atoms with Crippen LogP contribution in [0, 0.1) is 0 Å². The van der Waals surface area contributed by atoms with Crippen molar-refractivity contribution in [3.63, 3.8) is 0 Å². The summed E-state index contributed by atoms with van der Waals surface area (Å²) < 4.78 is 5.87. The third-order valence-electron chi connectivity index (χ3n) is 3.73. The Morgan fingerprint density at radius 3 is 2.96 bits per heavy atom. The fourth-order valence-corrected chi connectivity index (χ4v) is 3.11. The summed E-state index contributed by atoms with van der Waals surface area (Å²) in [6, 6.07) is 11.0. The molecule has 0 atom stereocenters. The molecule has 130 valence electrons. The molecule has 1 aliphatic rings. The largest absolute Gasteiger partial charge is 0.453 e. The predicted molar refractivity (Wildman–Crippen MR) is 97.4 cm³/mol. The molecule has 26 heavy (non-hydrogen) atoms. The van der Waals surface area contributed by atoms with Crippen LogP contribution in [0.25, 0.3) is 22.9 Å². The van der Waals surface area contributed by atoms with Crippen molar-refractivity contribution in [2.45, 2.75) is 12.1 Å². The zero-order valence-electron chi connectivity index (χ0n) is 13.8. The third kappa shape index (κ3) is 3.47. The molecule has 1 aromatic carbocycles. The summed E-state index contributed by atoms with van der Waals surface area (Å²) in [7, 11) is 0. The number of carbonyl (C=O) groups is 1. The summed E-state index contributed by atoms with van der Waals surface area (Å²) in [5, 5.41) is 19.0. The van der Waals surface area contributed by atoms with E-state index in [1.807, 2.05) is 30.3 Å². The van der Waals surface area contributed by atoms with E-state index < -0.39 is 0 Å². The molecule has 0 amide bonds. The first-order chi connectivity index (χ1) is 12.7. The minimum absolute atomic E-state index is 0.0167. The molecule has 1 aliphatic heterocycles.